The summed E-state index contributed by atoms with van der Waals surface area (Å²) < 4.78 is 14.2. The third kappa shape index (κ3) is 5.32. The van der Waals surface area contributed by atoms with Gasteiger partial charge in [-0.05, 0) is 60.9 Å². The lowest BCUT2D eigenvalue weighted by Gasteiger charge is -2.20. The molecule has 6 heteroatoms. The highest BCUT2D eigenvalue weighted by Crippen LogP contribution is 2.33. The number of halogens is 1. The van der Waals surface area contributed by atoms with Gasteiger partial charge < -0.3 is 0 Å². The Bertz CT molecular complexity index is 1190. The van der Waals surface area contributed by atoms with E-state index in [1.54, 1.807) is 40.1 Å². The van der Waals surface area contributed by atoms with Crippen molar-refractivity contribution >= 4 is 44.4 Å². The summed E-state index contributed by atoms with van der Waals surface area (Å²) >= 11 is 3.12. The van der Waals surface area contributed by atoms with Crippen molar-refractivity contribution in [3.05, 3.63) is 89.2 Å². The molecule has 4 rings (SSSR count). The third-order valence-corrected chi connectivity index (χ3v) is 7.17. The van der Waals surface area contributed by atoms with Gasteiger partial charge in [-0.25, -0.2) is 9.37 Å². The number of thioether (sulfide) groups is 1. The maximum Gasteiger partial charge on any atom is 0.229 e. The van der Waals surface area contributed by atoms with E-state index in [2.05, 4.69) is 26.0 Å². The van der Waals surface area contributed by atoms with E-state index < -0.39 is 0 Å². The number of aromatic nitrogens is 1. The Morgan fingerprint density at radius 2 is 1.81 bits per heavy atom. The molecule has 0 unspecified atom stereocenters. The SMILES string of the molecule is Cc1cc(C)c2sc(N(Cc3ccccc3)C(=O)CCSc3ccc(F)cc3)nc2c1. The predicted octanol–water partition coefficient (Wildman–Crippen LogP) is 6.77. The number of hydrogen-bond donors (Lipinski definition) is 0. The lowest BCUT2D eigenvalue weighted by molar-refractivity contribution is -0.118. The predicted molar refractivity (Wildman–Crippen MR) is 128 cm³/mol. The van der Waals surface area contributed by atoms with Gasteiger partial charge in [-0.3, -0.25) is 9.69 Å². The fraction of sp³-hybridized carbons (Fsp3) is 0.200. The largest absolute Gasteiger partial charge is 0.284 e. The zero-order valence-electron chi connectivity index (χ0n) is 17.5. The van der Waals surface area contributed by atoms with Crippen LogP contribution in [0.2, 0.25) is 0 Å². The normalized spacial score (nSPS) is 11.1. The number of anilines is 1. The van der Waals surface area contributed by atoms with Crippen molar-refractivity contribution in [2.24, 2.45) is 0 Å². The number of thiazole rings is 1. The summed E-state index contributed by atoms with van der Waals surface area (Å²) in [5.41, 5.74) is 4.34. The second-order valence-electron chi connectivity index (χ2n) is 7.44. The second-order valence-corrected chi connectivity index (χ2v) is 9.59. The number of fused-ring (bicyclic) bond motifs is 1. The lowest BCUT2D eigenvalue weighted by Crippen LogP contribution is -2.30. The Morgan fingerprint density at radius 3 is 2.55 bits per heavy atom. The molecule has 0 bridgehead atoms. The van der Waals surface area contributed by atoms with Gasteiger partial charge >= 0.3 is 0 Å². The number of nitrogens with zero attached hydrogens (tertiary/aromatic N) is 2. The minimum absolute atomic E-state index is 0.0342. The second kappa shape index (κ2) is 9.62. The first kappa shape index (κ1) is 21.5. The first-order chi connectivity index (χ1) is 15.0. The number of aryl methyl sites for hydroxylation is 2. The minimum Gasteiger partial charge on any atom is -0.284 e. The van der Waals surface area contributed by atoms with Crippen LogP contribution in [0.25, 0.3) is 10.2 Å². The van der Waals surface area contributed by atoms with Crippen molar-refractivity contribution in [3.63, 3.8) is 0 Å². The van der Waals surface area contributed by atoms with Crippen LogP contribution in [0, 0.1) is 19.7 Å². The highest BCUT2D eigenvalue weighted by molar-refractivity contribution is 7.99. The van der Waals surface area contributed by atoms with Crippen molar-refractivity contribution in [2.45, 2.75) is 31.7 Å². The fourth-order valence-corrected chi connectivity index (χ4v) is 5.30. The van der Waals surface area contributed by atoms with E-state index in [0.717, 1.165) is 25.8 Å². The molecular weight excluding hydrogens is 427 g/mol. The zero-order valence-corrected chi connectivity index (χ0v) is 19.1. The highest BCUT2D eigenvalue weighted by atomic mass is 32.2. The van der Waals surface area contributed by atoms with Gasteiger partial charge in [0.05, 0.1) is 16.8 Å². The molecule has 0 N–H and O–H groups in total. The van der Waals surface area contributed by atoms with Gasteiger partial charge in [0.15, 0.2) is 5.13 Å². The van der Waals surface area contributed by atoms with Gasteiger partial charge in [0.2, 0.25) is 5.91 Å². The van der Waals surface area contributed by atoms with E-state index in [0.29, 0.717) is 18.7 Å². The molecule has 0 fully saturated rings. The average Bonchev–Trinajstić information content (AvgIpc) is 3.18. The molecular formula is C25H23FN2OS2. The summed E-state index contributed by atoms with van der Waals surface area (Å²) in [7, 11) is 0. The minimum atomic E-state index is -0.254. The van der Waals surface area contributed by atoms with Crippen molar-refractivity contribution < 1.29 is 9.18 Å². The molecule has 0 spiro atoms. The first-order valence-corrected chi connectivity index (χ1v) is 11.9. The molecule has 3 aromatic carbocycles. The summed E-state index contributed by atoms with van der Waals surface area (Å²) in [5.74, 6) is 0.404. The number of amides is 1. The van der Waals surface area contributed by atoms with E-state index in [1.165, 1.54) is 23.3 Å². The highest BCUT2D eigenvalue weighted by Gasteiger charge is 2.21. The van der Waals surface area contributed by atoms with Gasteiger partial charge in [-0.15, -0.1) is 11.8 Å². The first-order valence-electron chi connectivity index (χ1n) is 10.1. The van der Waals surface area contributed by atoms with E-state index in [-0.39, 0.29) is 11.7 Å². The third-order valence-electron chi connectivity index (χ3n) is 4.92. The molecule has 3 nitrogen and oxygen atoms in total. The molecule has 4 aromatic rings. The fourth-order valence-electron chi connectivity index (χ4n) is 3.43. The van der Waals surface area contributed by atoms with Crippen LogP contribution in [0.3, 0.4) is 0 Å². The van der Waals surface area contributed by atoms with Crippen LogP contribution in [-0.2, 0) is 11.3 Å². The Hall–Kier alpha value is -2.70. The number of rotatable bonds is 7. The van der Waals surface area contributed by atoms with Crippen LogP contribution < -0.4 is 4.90 Å². The zero-order chi connectivity index (χ0) is 21.8. The molecule has 0 aliphatic rings. The summed E-state index contributed by atoms with van der Waals surface area (Å²) in [6.07, 6.45) is 0.378. The summed E-state index contributed by atoms with van der Waals surface area (Å²) in [6.45, 7) is 4.63. The number of benzene rings is 3. The van der Waals surface area contributed by atoms with Crippen LogP contribution in [0.1, 0.15) is 23.1 Å². The van der Waals surface area contributed by atoms with Crippen LogP contribution in [0.4, 0.5) is 9.52 Å². The topological polar surface area (TPSA) is 33.2 Å². The quantitative estimate of drug-likeness (QED) is 0.291. The lowest BCUT2D eigenvalue weighted by atomic mass is 10.1. The average molecular weight is 451 g/mol. The van der Waals surface area contributed by atoms with Crippen molar-refractivity contribution in [2.75, 3.05) is 10.7 Å². The van der Waals surface area contributed by atoms with E-state index in [9.17, 15) is 9.18 Å². The Kier molecular flexibility index (Phi) is 6.68. The van der Waals surface area contributed by atoms with Crippen LogP contribution >= 0.6 is 23.1 Å². The Balaban J connectivity index is 1.55. The van der Waals surface area contributed by atoms with E-state index >= 15 is 0 Å². The molecule has 1 aromatic heterocycles. The van der Waals surface area contributed by atoms with Crippen molar-refractivity contribution in [1.82, 2.24) is 4.98 Å². The smallest absolute Gasteiger partial charge is 0.229 e. The van der Waals surface area contributed by atoms with E-state index in [4.69, 9.17) is 4.98 Å². The molecule has 1 amide bonds. The molecule has 158 valence electrons. The Morgan fingerprint density at radius 1 is 1.06 bits per heavy atom. The number of carbonyl (C=O) groups is 1. The van der Waals surface area contributed by atoms with Gasteiger partial charge in [-0.2, -0.15) is 0 Å². The number of carbonyl (C=O) groups excluding carboxylic acids is 1. The van der Waals surface area contributed by atoms with Gasteiger partial charge in [-0.1, -0.05) is 47.7 Å². The van der Waals surface area contributed by atoms with Gasteiger partial charge in [0.1, 0.15) is 5.82 Å². The van der Waals surface area contributed by atoms with Crippen LogP contribution in [0.15, 0.2) is 71.6 Å². The molecule has 0 saturated carbocycles. The van der Waals surface area contributed by atoms with E-state index in [1.807, 2.05) is 30.3 Å². The van der Waals surface area contributed by atoms with Crippen molar-refractivity contribution in [3.8, 4) is 0 Å². The summed E-state index contributed by atoms with van der Waals surface area (Å²) in [4.78, 5) is 20.8. The van der Waals surface area contributed by atoms with Gasteiger partial charge in [0.25, 0.3) is 0 Å². The molecule has 0 aliphatic heterocycles. The Labute approximate surface area is 189 Å². The van der Waals surface area contributed by atoms with Crippen LogP contribution in [-0.4, -0.2) is 16.6 Å². The maximum absolute atomic E-state index is 13.2. The number of hydrogen-bond acceptors (Lipinski definition) is 4. The molecule has 0 aliphatic carbocycles. The monoisotopic (exact) mass is 450 g/mol. The van der Waals surface area contributed by atoms with Crippen LogP contribution in [0.5, 0.6) is 0 Å². The summed E-state index contributed by atoms with van der Waals surface area (Å²) in [5, 5.41) is 0.726. The van der Waals surface area contributed by atoms with Gasteiger partial charge in [0, 0.05) is 17.1 Å². The van der Waals surface area contributed by atoms with Crippen molar-refractivity contribution in [1.29, 1.82) is 0 Å². The molecule has 31 heavy (non-hydrogen) atoms. The maximum atomic E-state index is 13.2. The molecule has 0 radical (unpaired) electrons. The molecule has 0 saturated heterocycles. The molecule has 1 heterocycles. The summed E-state index contributed by atoms with van der Waals surface area (Å²) in [6, 6.07) is 20.6. The molecule has 0 atom stereocenters. The standard InChI is InChI=1S/C25H23FN2OS2/c1-17-14-18(2)24-22(15-17)27-25(31-24)28(16-19-6-4-3-5-7-19)23(29)12-13-30-21-10-8-20(26)9-11-21/h3-11,14-15H,12-13,16H2,1-2H3.